The van der Waals surface area contributed by atoms with Gasteiger partial charge in [0.2, 0.25) is 23.6 Å². The molecule has 2 aromatic rings. The summed E-state index contributed by atoms with van der Waals surface area (Å²) in [6.45, 7) is 4.97. The van der Waals surface area contributed by atoms with Gasteiger partial charge in [-0.3, -0.25) is 19.2 Å². The van der Waals surface area contributed by atoms with Crippen LogP contribution in [0.3, 0.4) is 0 Å². The zero-order valence-corrected chi connectivity index (χ0v) is 24.8. The highest BCUT2D eigenvalue weighted by atomic mass is 35.5. The SMILES string of the molecule is CC(C)CCN1CC(=O)NC2(CCCc3ccccc32)C(=O)NCCCCN(C(=O)Cc2ccccc2Cl)CC1=O. The molecule has 4 amide bonds. The van der Waals surface area contributed by atoms with Gasteiger partial charge in [0.1, 0.15) is 5.54 Å². The van der Waals surface area contributed by atoms with E-state index in [1.165, 1.54) is 4.90 Å². The van der Waals surface area contributed by atoms with E-state index >= 15 is 0 Å². The van der Waals surface area contributed by atoms with Gasteiger partial charge in [0.15, 0.2) is 0 Å². The molecule has 0 aromatic heterocycles. The van der Waals surface area contributed by atoms with E-state index in [0.717, 1.165) is 24.0 Å². The molecule has 1 saturated heterocycles. The minimum Gasteiger partial charge on any atom is -0.354 e. The molecule has 0 bridgehead atoms. The first-order chi connectivity index (χ1) is 19.7. The van der Waals surface area contributed by atoms with Gasteiger partial charge in [0.05, 0.1) is 19.5 Å². The molecular formula is C32H41ClN4O4. The van der Waals surface area contributed by atoms with Gasteiger partial charge in [-0.15, -0.1) is 0 Å². The number of benzene rings is 2. The first-order valence-electron chi connectivity index (χ1n) is 14.7. The third-order valence-electron chi connectivity index (χ3n) is 8.00. The van der Waals surface area contributed by atoms with Crippen molar-refractivity contribution in [3.05, 3.63) is 70.2 Å². The highest BCUT2D eigenvalue weighted by molar-refractivity contribution is 6.31. The Morgan fingerprint density at radius 2 is 1.76 bits per heavy atom. The second-order valence-corrected chi connectivity index (χ2v) is 11.9. The summed E-state index contributed by atoms with van der Waals surface area (Å²) in [6, 6.07) is 15.0. The van der Waals surface area contributed by atoms with Crippen LogP contribution in [0.25, 0.3) is 0 Å². The normalized spacial score (nSPS) is 20.8. The zero-order chi connectivity index (χ0) is 29.4. The van der Waals surface area contributed by atoms with Gasteiger partial charge in [-0.05, 0) is 67.2 Å². The average molecular weight is 581 g/mol. The largest absolute Gasteiger partial charge is 0.354 e. The highest BCUT2D eigenvalue weighted by Crippen LogP contribution is 2.36. The first kappa shape index (κ1) is 30.6. The topological polar surface area (TPSA) is 98.8 Å². The number of rotatable bonds is 5. The number of carbonyl (C=O) groups excluding carboxylic acids is 4. The van der Waals surface area contributed by atoms with Crippen LogP contribution in [0, 0.1) is 5.92 Å². The standard InChI is InChI=1S/C32H41ClN4O4/c1-23(2)15-19-37-21-28(38)35-32(16-9-12-24-10-3-5-13-26(24)32)31(41)34-17-7-8-18-36(22-30(37)40)29(39)20-25-11-4-6-14-27(25)33/h3-6,10-11,13-14,23H,7-9,12,15-22H2,1-2H3,(H,34,41)(H,35,38). The zero-order valence-electron chi connectivity index (χ0n) is 24.1. The molecule has 0 radical (unpaired) electrons. The van der Waals surface area contributed by atoms with Crippen LogP contribution in [-0.2, 0) is 37.6 Å². The summed E-state index contributed by atoms with van der Waals surface area (Å²) in [6.07, 6.45) is 4.13. The lowest BCUT2D eigenvalue weighted by Crippen LogP contribution is -2.60. The summed E-state index contributed by atoms with van der Waals surface area (Å²) in [4.78, 5) is 57.4. The predicted molar refractivity (Wildman–Crippen MR) is 159 cm³/mol. The Morgan fingerprint density at radius 1 is 1.00 bits per heavy atom. The van der Waals surface area contributed by atoms with E-state index in [4.69, 9.17) is 11.6 Å². The third-order valence-corrected chi connectivity index (χ3v) is 8.37. The van der Waals surface area contributed by atoms with Crippen LogP contribution >= 0.6 is 11.6 Å². The summed E-state index contributed by atoms with van der Waals surface area (Å²) in [5, 5.41) is 6.62. The fourth-order valence-electron chi connectivity index (χ4n) is 5.66. The van der Waals surface area contributed by atoms with Gasteiger partial charge in [0, 0.05) is 24.7 Å². The maximum absolute atomic E-state index is 13.8. The molecule has 1 heterocycles. The van der Waals surface area contributed by atoms with Crippen molar-refractivity contribution in [1.29, 1.82) is 0 Å². The van der Waals surface area contributed by atoms with E-state index in [1.807, 2.05) is 36.4 Å². The Balaban J connectivity index is 1.59. The summed E-state index contributed by atoms with van der Waals surface area (Å²) >= 11 is 6.30. The van der Waals surface area contributed by atoms with Crippen molar-refractivity contribution in [3.8, 4) is 0 Å². The lowest BCUT2D eigenvalue weighted by Gasteiger charge is -2.39. The summed E-state index contributed by atoms with van der Waals surface area (Å²) in [7, 11) is 0. The molecule has 1 aliphatic heterocycles. The molecule has 8 nitrogen and oxygen atoms in total. The van der Waals surface area contributed by atoms with Crippen molar-refractivity contribution in [2.24, 2.45) is 5.92 Å². The maximum Gasteiger partial charge on any atom is 0.250 e. The minimum atomic E-state index is -1.18. The number of hydrogen-bond acceptors (Lipinski definition) is 4. The number of halogens is 1. The van der Waals surface area contributed by atoms with Crippen molar-refractivity contribution >= 4 is 35.2 Å². The molecule has 2 aromatic carbocycles. The Kier molecular flexibility index (Phi) is 10.4. The second kappa shape index (κ2) is 14.0. The van der Waals surface area contributed by atoms with Crippen LogP contribution < -0.4 is 10.6 Å². The quantitative estimate of drug-likeness (QED) is 0.561. The molecule has 41 heavy (non-hydrogen) atoms. The molecule has 4 rings (SSSR count). The Bertz CT molecular complexity index is 1270. The lowest BCUT2D eigenvalue weighted by molar-refractivity contribution is -0.143. The molecule has 220 valence electrons. The van der Waals surface area contributed by atoms with Crippen LogP contribution in [-0.4, -0.2) is 66.2 Å². The average Bonchev–Trinajstić information content (AvgIpc) is 2.95. The molecule has 1 fully saturated rings. The van der Waals surface area contributed by atoms with Gasteiger partial charge in [-0.1, -0.05) is 67.9 Å². The molecule has 1 spiro atoms. The lowest BCUT2D eigenvalue weighted by atomic mass is 9.75. The number of nitrogens with zero attached hydrogens (tertiary/aromatic N) is 2. The summed E-state index contributed by atoms with van der Waals surface area (Å²) < 4.78 is 0. The van der Waals surface area contributed by atoms with E-state index < -0.39 is 5.54 Å². The van der Waals surface area contributed by atoms with Gasteiger partial charge in [-0.25, -0.2) is 0 Å². The van der Waals surface area contributed by atoms with Crippen molar-refractivity contribution in [3.63, 3.8) is 0 Å². The Labute approximate surface area is 247 Å². The fraction of sp³-hybridized carbons (Fsp3) is 0.500. The number of fused-ring (bicyclic) bond motifs is 2. The number of hydrogen-bond donors (Lipinski definition) is 2. The van der Waals surface area contributed by atoms with E-state index in [1.54, 1.807) is 17.0 Å². The monoisotopic (exact) mass is 580 g/mol. The number of nitrogens with one attached hydrogen (secondary N) is 2. The summed E-state index contributed by atoms with van der Waals surface area (Å²) in [5.41, 5.74) is 1.39. The number of carbonyl (C=O) groups is 4. The van der Waals surface area contributed by atoms with Crippen LogP contribution in [0.4, 0.5) is 0 Å². The van der Waals surface area contributed by atoms with E-state index in [-0.39, 0.29) is 43.1 Å². The van der Waals surface area contributed by atoms with Gasteiger partial charge in [-0.2, -0.15) is 0 Å². The van der Waals surface area contributed by atoms with E-state index in [9.17, 15) is 19.2 Å². The third kappa shape index (κ3) is 7.67. The highest BCUT2D eigenvalue weighted by Gasteiger charge is 2.44. The molecular weight excluding hydrogens is 540 g/mol. The van der Waals surface area contributed by atoms with Crippen molar-refractivity contribution in [1.82, 2.24) is 20.4 Å². The molecule has 1 aliphatic carbocycles. The van der Waals surface area contributed by atoms with Crippen molar-refractivity contribution in [2.45, 2.75) is 64.3 Å². The Morgan fingerprint density at radius 3 is 2.54 bits per heavy atom. The van der Waals surface area contributed by atoms with Crippen LogP contribution in [0.1, 0.15) is 62.6 Å². The summed E-state index contributed by atoms with van der Waals surface area (Å²) in [5.74, 6) is -0.789. The molecule has 2 N–H and O–H groups in total. The van der Waals surface area contributed by atoms with Gasteiger partial charge in [0.25, 0.3) is 0 Å². The Hall–Kier alpha value is -3.39. The number of amides is 4. The van der Waals surface area contributed by atoms with Crippen LogP contribution in [0.15, 0.2) is 48.5 Å². The smallest absolute Gasteiger partial charge is 0.250 e. The van der Waals surface area contributed by atoms with Crippen LogP contribution in [0.5, 0.6) is 0 Å². The van der Waals surface area contributed by atoms with Crippen molar-refractivity contribution < 1.29 is 19.2 Å². The fourth-order valence-corrected chi connectivity index (χ4v) is 5.87. The predicted octanol–water partition coefficient (Wildman–Crippen LogP) is 3.84. The van der Waals surface area contributed by atoms with Gasteiger partial charge < -0.3 is 20.4 Å². The van der Waals surface area contributed by atoms with E-state index in [2.05, 4.69) is 24.5 Å². The molecule has 1 atom stereocenters. The first-order valence-corrected chi connectivity index (χ1v) is 15.0. The van der Waals surface area contributed by atoms with Gasteiger partial charge >= 0.3 is 0 Å². The van der Waals surface area contributed by atoms with E-state index in [0.29, 0.717) is 61.8 Å². The molecule has 2 aliphatic rings. The van der Waals surface area contributed by atoms with Crippen molar-refractivity contribution in [2.75, 3.05) is 32.7 Å². The maximum atomic E-state index is 13.8. The second-order valence-electron chi connectivity index (χ2n) is 11.5. The minimum absolute atomic E-state index is 0.0814. The molecule has 0 saturated carbocycles. The number of aryl methyl sites for hydroxylation is 1. The molecule has 1 unspecified atom stereocenters. The molecule has 9 heteroatoms. The van der Waals surface area contributed by atoms with Crippen LogP contribution in [0.2, 0.25) is 5.02 Å².